The summed E-state index contributed by atoms with van der Waals surface area (Å²) in [6, 6.07) is 0.852. The summed E-state index contributed by atoms with van der Waals surface area (Å²) in [7, 11) is 1.18. The van der Waals surface area contributed by atoms with Crippen LogP contribution in [-0.2, 0) is 4.74 Å². The predicted molar refractivity (Wildman–Crippen MR) is 53.4 cm³/mol. The van der Waals surface area contributed by atoms with E-state index in [1.165, 1.54) is 7.11 Å². The minimum Gasteiger partial charge on any atom is -0.506 e. The molecule has 94 valence electrons. The first-order valence-electron chi connectivity index (χ1n) is 4.74. The van der Waals surface area contributed by atoms with Crippen LogP contribution in [0.15, 0.2) is 6.07 Å². The zero-order chi connectivity index (χ0) is 13.0. The van der Waals surface area contributed by atoms with Crippen LogP contribution in [0, 0.1) is 0 Å². The van der Waals surface area contributed by atoms with Gasteiger partial charge in [-0.15, -0.1) is 0 Å². The number of pyridine rings is 1. The molecule has 0 saturated carbocycles. The molecule has 0 aromatic carbocycles. The highest BCUT2D eigenvalue weighted by Crippen LogP contribution is 2.31. The van der Waals surface area contributed by atoms with Crippen LogP contribution < -0.4 is 4.74 Å². The lowest BCUT2D eigenvalue weighted by molar-refractivity contribution is 0.0520. The van der Waals surface area contributed by atoms with Gasteiger partial charge in [0.05, 0.1) is 13.7 Å². The topological polar surface area (TPSA) is 68.7 Å². The normalized spacial score (nSPS) is 10.4. The average Bonchev–Trinajstić information content (AvgIpc) is 2.28. The van der Waals surface area contributed by atoms with Crippen LogP contribution in [0.25, 0.3) is 0 Å². The number of aromatic nitrogens is 1. The van der Waals surface area contributed by atoms with Crippen molar-refractivity contribution in [3.63, 3.8) is 0 Å². The maximum absolute atomic E-state index is 12.4. The van der Waals surface area contributed by atoms with E-state index in [-0.39, 0.29) is 18.1 Å². The highest BCUT2D eigenvalue weighted by molar-refractivity contribution is 5.92. The molecule has 0 radical (unpaired) electrons. The summed E-state index contributed by atoms with van der Waals surface area (Å²) in [5.74, 6) is -1.88. The second-order valence-corrected chi connectivity index (χ2v) is 2.97. The van der Waals surface area contributed by atoms with E-state index in [4.69, 9.17) is 4.74 Å². The highest BCUT2D eigenvalue weighted by atomic mass is 19.3. The first-order chi connectivity index (χ1) is 8.01. The van der Waals surface area contributed by atoms with Crippen molar-refractivity contribution < 1.29 is 28.2 Å². The SMILES string of the molecule is CCOC(=O)c1cc(O)c(C(F)F)nc1OC. The first-order valence-corrected chi connectivity index (χ1v) is 4.74. The third-order valence-electron chi connectivity index (χ3n) is 1.89. The Kier molecular flexibility index (Phi) is 4.19. The van der Waals surface area contributed by atoms with Crippen molar-refractivity contribution in [3.05, 3.63) is 17.3 Å². The van der Waals surface area contributed by atoms with Crippen molar-refractivity contribution in [3.8, 4) is 11.6 Å². The Labute approximate surface area is 96.0 Å². The van der Waals surface area contributed by atoms with Crippen LogP contribution >= 0.6 is 0 Å². The first kappa shape index (κ1) is 13.1. The molecule has 1 N–H and O–H groups in total. The number of esters is 1. The number of alkyl halides is 2. The van der Waals surface area contributed by atoms with E-state index in [1.807, 2.05) is 0 Å². The fraction of sp³-hybridized carbons (Fsp3) is 0.400. The lowest BCUT2D eigenvalue weighted by Gasteiger charge is -2.10. The molecule has 0 fully saturated rings. The number of hydrogen-bond acceptors (Lipinski definition) is 5. The highest BCUT2D eigenvalue weighted by Gasteiger charge is 2.23. The Morgan fingerprint density at radius 1 is 1.59 bits per heavy atom. The van der Waals surface area contributed by atoms with Crippen molar-refractivity contribution in [1.82, 2.24) is 4.98 Å². The number of rotatable bonds is 4. The summed E-state index contributed by atoms with van der Waals surface area (Å²) >= 11 is 0. The van der Waals surface area contributed by atoms with E-state index >= 15 is 0 Å². The van der Waals surface area contributed by atoms with Gasteiger partial charge in [0, 0.05) is 6.07 Å². The number of nitrogens with zero attached hydrogens (tertiary/aromatic N) is 1. The monoisotopic (exact) mass is 247 g/mol. The minimum absolute atomic E-state index is 0.110. The fourth-order valence-electron chi connectivity index (χ4n) is 1.17. The zero-order valence-electron chi connectivity index (χ0n) is 9.24. The van der Waals surface area contributed by atoms with Gasteiger partial charge in [-0.1, -0.05) is 0 Å². The van der Waals surface area contributed by atoms with E-state index in [9.17, 15) is 18.7 Å². The molecule has 5 nitrogen and oxygen atoms in total. The third-order valence-corrected chi connectivity index (χ3v) is 1.89. The van der Waals surface area contributed by atoms with Gasteiger partial charge < -0.3 is 14.6 Å². The summed E-state index contributed by atoms with van der Waals surface area (Å²) in [6.07, 6.45) is -2.96. The molecule has 17 heavy (non-hydrogen) atoms. The molecule has 1 aromatic rings. The molecule has 0 aliphatic carbocycles. The molecule has 1 heterocycles. The Morgan fingerprint density at radius 3 is 2.71 bits per heavy atom. The summed E-state index contributed by atoms with van der Waals surface area (Å²) in [5.41, 5.74) is -1.04. The van der Waals surface area contributed by atoms with Gasteiger partial charge in [0.1, 0.15) is 11.3 Å². The van der Waals surface area contributed by atoms with Crippen molar-refractivity contribution in [1.29, 1.82) is 0 Å². The van der Waals surface area contributed by atoms with Gasteiger partial charge in [0.15, 0.2) is 5.69 Å². The fourth-order valence-corrected chi connectivity index (χ4v) is 1.17. The number of ether oxygens (including phenoxy) is 2. The summed E-state index contributed by atoms with van der Waals surface area (Å²) < 4.78 is 34.2. The predicted octanol–water partition coefficient (Wildman–Crippen LogP) is 1.91. The average molecular weight is 247 g/mol. The number of halogens is 2. The van der Waals surface area contributed by atoms with Crippen molar-refractivity contribution in [2.75, 3.05) is 13.7 Å². The number of aromatic hydroxyl groups is 1. The lowest BCUT2D eigenvalue weighted by Crippen LogP contribution is -2.09. The van der Waals surface area contributed by atoms with Crippen molar-refractivity contribution >= 4 is 5.97 Å². The van der Waals surface area contributed by atoms with Gasteiger partial charge in [-0.2, -0.15) is 0 Å². The molecule has 1 aromatic heterocycles. The van der Waals surface area contributed by atoms with Crippen LogP contribution in [0.3, 0.4) is 0 Å². The summed E-state index contributed by atoms with van der Waals surface area (Å²) in [4.78, 5) is 14.8. The molecular formula is C10H11F2NO4. The molecule has 0 bridgehead atoms. The lowest BCUT2D eigenvalue weighted by atomic mass is 10.2. The van der Waals surface area contributed by atoms with Crippen LogP contribution in [-0.4, -0.2) is 29.8 Å². The Balaban J connectivity index is 3.23. The molecule has 7 heteroatoms. The van der Waals surface area contributed by atoms with Gasteiger partial charge >= 0.3 is 5.97 Å². The van der Waals surface area contributed by atoms with E-state index in [2.05, 4.69) is 9.72 Å². The summed E-state index contributed by atoms with van der Waals surface area (Å²) in [5, 5.41) is 9.29. The summed E-state index contributed by atoms with van der Waals surface area (Å²) in [6.45, 7) is 1.70. The molecule has 0 spiro atoms. The Bertz CT molecular complexity index is 423. The van der Waals surface area contributed by atoms with Crippen molar-refractivity contribution in [2.24, 2.45) is 0 Å². The molecule has 0 amide bonds. The van der Waals surface area contributed by atoms with E-state index in [0.29, 0.717) is 0 Å². The van der Waals surface area contributed by atoms with Crippen LogP contribution in [0.4, 0.5) is 8.78 Å². The number of methoxy groups -OCH3 is 1. The van der Waals surface area contributed by atoms with Crippen molar-refractivity contribution in [2.45, 2.75) is 13.3 Å². The van der Waals surface area contributed by atoms with Gasteiger partial charge in [-0.25, -0.2) is 18.6 Å². The maximum Gasteiger partial charge on any atom is 0.343 e. The number of carbonyl (C=O) groups excluding carboxylic acids is 1. The molecule has 0 atom stereocenters. The van der Waals surface area contributed by atoms with Crippen LogP contribution in [0.5, 0.6) is 11.6 Å². The smallest absolute Gasteiger partial charge is 0.343 e. The van der Waals surface area contributed by atoms with E-state index in [1.54, 1.807) is 6.92 Å². The molecule has 0 saturated heterocycles. The van der Waals surface area contributed by atoms with Crippen LogP contribution in [0.2, 0.25) is 0 Å². The largest absolute Gasteiger partial charge is 0.506 e. The number of carbonyl (C=O) groups is 1. The second kappa shape index (κ2) is 5.42. The third kappa shape index (κ3) is 2.80. The van der Waals surface area contributed by atoms with Gasteiger partial charge in [0.25, 0.3) is 6.43 Å². The molecule has 1 rings (SSSR count). The Morgan fingerprint density at radius 2 is 2.24 bits per heavy atom. The van der Waals surface area contributed by atoms with Gasteiger partial charge in [-0.05, 0) is 6.92 Å². The minimum atomic E-state index is -2.96. The van der Waals surface area contributed by atoms with E-state index in [0.717, 1.165) is 6.07 Å². The molecule has 0 unspecified atom stereocenters. The molecule has 0 aliphatic rings. The number of hydrogen-bond donors (Lipinski definition) is 1. The second-order valence-electron chi connectivity index (χ2n) is 2.97. The quantitative estimate of drug-likeness (QED) is 0.823. The molecule has 0 aliphatic heterocycles. The zero-order valence-corrected chi connectivity index (χ0v) is 9.24. The maximum atomic E-state index is 12.4. The van der Waals surface area contributed by atoms with Crippen LogP contribution in [0.1, 0.15) is 29.4 Å². The molecular weight excluding hydrogens is 236 g/mol. The van der Waals surface area contributed by atoms with E-state index < -0.39 is 23.8 Å². The standard InChI is InChI=1S/C10H11F2NO4/c1-3-17-10(15)5-4-6(14)7(8(11)12)13-9(5)16-2/h4,8,14H,3H2,1-2H3. The Hall–Kier alpha value is -1.92. The van der Waals surface area contributed by atoms with Gasteiger partial charge in [0.2, 0.25) is 5.88 Å². The van der Waals surface area contributed by atoms with Gasteiger partial charge in [-0.3, -0.25) is 0 Å².